The Morgan fingerprint density at radius 2 is 2.46 bits per heavy atom. The number of hydrogen-bond donors (Lipinski definition) is 1. The molecule has 74 valence electrons. The van der Waals surface area contributed by atoms with E-state index in [2.05, 4.69) is 29.4 Å². The molecule has 1 saturated heterocycles. The smallest absolute Gasteiger partial charge is 0.239 e. The molecule has 13 heavy (non-hydrogen) atoms. The van der Waals surface area contributed by atoms with E-state index < -0.39 is 0 Å². The summed E-state index contributed by atoms with van der Waals surface area (Å²) >= 11 is 0. The van der Waals surface area contributed by atoms with Crippen molar-refractivity contribution in [3.8, 4) is 0 Å². The van der Waals surface area contributed by atoms with E-state index in [-0.39, 0.29) is 5.91 Å². The Balaban J connectivity index is 2.47. The van der Waals surface area contributed by atoms with Gasteiger partial charge in [0.25, 0.3) is 0 Å². The molecule has 4 heteroatoms. The van der Waals surface area contributed by atoms with Crippen molar-refractivity contribution in [2.45, 2.75) is 20.3 Å². The molecule has 1 fully saturated rings. The number of nitrogens with one attached hydrogen (secondary N) is 1. The average molecular weight is 183 g/mol. The van der Waals surface area contributed by atoms with Gasteiger partial charge in [0, 0.05) is 25.4 Å². The van der Waals surface area contributed by atoms with Crippen molar-refractivity contribution in [2.75, 3.05) is 20.1 Å². The SMILES string of the molecule is CCC(=O)N/N=C1/CN(C)CC1C. The van der Waals surface area contributed by atoms with Crippen LogP contribution in [0.2, 0.25) is 0 Å². The molecule has 1 heterocycles. The molecule has 1 aliphatic rings. The Morgan fingerprint density at radius 3 is 2.92 bits per heavy atom. The number of carbonyl (C=O) groups excluding carboxylic acids is 1. The monoisotopic (exact) mass is 183 g/mol. The highest BCUT2D eigenvalue weighted by molar-refractivity contribution is 5.91. The predicted molar refractivity (Wildman–Crippen MR) is 52.5 cm³/mol. The van der Waals surface area contributed by atoms with Crippen LogP contribution in [0.25, 0.3) is 0 Å². The first-order valence-electron chi connectivity index (χ1n) is 4.67. The van der Waals surface area contributed by atoms with Gasteiger partial charge >= 0.3 is 0 Å². The molecule has 1 N–H and O–H groups in total. The highest BCUT2D eigenvalue weighted by atomic mass is 16.2. The summed E-state index contributed by atoms with van der Waals surface area (Å²) in [6.45, 7) is 5.84. The van der Waals surface area contributed by atoms with Gasteiger partial charge in [0.05, 0.1) is 5.71 Å². The summed E-state index contributed by atoms with van der Waals surface area (Å²) in [5.41, 5.74) is 3.62. The summed E-state index contributed by atoms with van der Waals surface area (Å²) in [5, 5.41) is 4.10. The molecule has 4 nitrogen and oxygen atoms in total. The summed E-state index contributed by atoms with van der Waals surface area (Å²) in [6, 6.07) is 0. The maximum absolute atomic E-state index is 10.9. The van der Waals surface area contributed by atoms with Crippen LogP contribution >= 0.6 is 0 Å². The topological polar surface area (TPSA) is 44.7 Å². The first-order valence-corrected chi connectivity index (χ1v) is 4.67. The number of likely N-dealkylation sites (tertiary alicyclic amines) is 1. The molecule has 0 spiro atoms. The van der Waals surface area contributed by atoms with Crippen molar-refractivity contribution in [1.29, 1.82) is 0 Å². The third kappa shape index (κ3) is 2.81. The highest BCUT2D eigenvalue weighted by Gasteiger charge is 2.22. The van der Waals surface area contributed by atoms with E-state index in [1.807, 2.05) is 6.92 Å². The minimum Gasteiger partial charge on any atom is -0.300 e. The van der Waals surface area contributed by atoms with E-state index in [0.717, 1.165) is 18.8 Å². The zero-order valence-corrected chi connectivity index (χ0v) is 8.50. The average Bonchev–Trinajstić information content (AvgIpc) is 2.41. The van der Waals surface area contributed by atoms with E-state index in [4.69, 9.17) is 0 Å². The van der Waals surface area contributed by atoms with Gasteiger partial charge in [-0.3, -0.25) is 4.79 Å². The van der Waals surface area contributed by atoms with Crippen molar-refractivity contribution in [3.63, 3.8) is 0 Å². The van der Waals surface area contributed by atoms with Crippen LogP contribution in [0.15, 0.2) is 5.10 Å². The Labute approximate surface area is 79.0 Å². The van der Waals surface area contributed by atoms with Crippen LogP contribution in [-0.4, -0.2) is 36.7 Å². The summed E-state index contributed by atoms with van der Waals surface area (Å²) in [4.78, 5) is 13.1. The number of rotatable bonds is 2. The van der Waals surface area contributed by atoms with Crippen LogP contribution in [0, 0.1) is 5.92 Å². The van der Waals surface area contributed by atoms with Gasteiger partial charge in [-0.15, -0.1) is 0 Å². The third-order valence-corrected chi connectivity index (χ3v) is 2.23. The van der Waals surface area contributed by atoms with Gasteiger partial charge in [-0.1, -0.05) is 13.8 Å². The lowest BCUT2D eigenvalue weighted by Crippen LogP contribution is -2.21. The highest BCUT2D eigenvalue weighted by Crippen LogP contribution is 2.10. The Hall–Kier alpha value is -0.900. The summed E-state index contributed by atoms with van der Waals surface area (Å²) < 4.78 is 0. The van der Waals surface area contributed by atoms with Gasteiger partial charge in [-0.05, 0) is 7.05 Å². The molecule has 0 aromatic carbocycles. The molecule has 1 rings (SSSR count). The zero-order valence-electron chi connectivity index (χ0n) is 8.50. The number of nitrogens with zero attached hydrogens (tertiary/aromatic N) is 2. The summed E-state index contributed by atoms with van der Waals surface area (Å²) in [7, 11) is 2.06. The standard InChI is InChI=1S/C9H17N3O/c1-4-9(13)11-10-8-6-12(3)5-7(8)2/h7H,4-6H2,1-3H3,(H,11,13)/b10-8-. The Morgan fingerprint density at radius 1 is 1.77 bits per heavy atom. The van der Waals surface area contributed by atoms with E-state index in [1.165, 1.54) is 0 Å². The molecular formula is C9H17N3O. The second kappa shape index (κ2) is 4.37. The van der Waals surface area contributed by atoms with Crippen molar-refractivity contribution >= 4 is 11.6 Å². The van der Waals surface area contributed by atoms with Gasteiger partial charge < -0.3 is 4.90 Å². The fourth-order valence-electron chi connectivity index (χ4n) is 1.43. The molecule has 0 aromatic rings. The predicted octanol–water partition coefficient (Wildman–Crippen LogP) is 0.450. The van der Waals surface area contributed by atoms with Crippen LogP contribution in [0.1, 0.15) is 20.3 Å². The second-order valence-corrected chi connectivity index (χ2v) is 3.59. The van der Waals surface area contributed by atoms with Crippen LogP contribution in [0.5, 0.6) is 0 Å². The molecule has 1 atom stereocenters. The Bertz CT molecular complexity index is 225. The quantitative estimate of drug-likeness (QED) is 0.632. The van der Waals surface area contributed by atoms with Crippen molar-refractivity contribution in [3.05, 3.63) is 0 Å². The van der Waals surface area contributed by atoms with E-state index in [1.54, 1.807) is 0 Å². The maximum Gasteiger partial charge on any atom is 0.239 e. The summed E-state index contributed by atoms with van der Waals surface area (Å²) in [6.07, 6.45) is 0.487. The molecule has 1 unspecified atom stereocenters. The molecule has 1 amide bonds. The molecule has 0 bridgehead atoms. The first-order chi connectivity index (χ1) is 6.13. The Kier molecular flexibility index (Phi) is 3.42. The fraction of sp³-hybridized carbons (Fsp3) is 0.778. The second-order valence-electron chi connectivity index (χ2n) is 3.59. The van der Waals surface area contributed by atoms with E-state index in [9.17, 15) is 4.79 Å². The van der Waals surface area contributed by atoms with Gasteiger partial charge in [0.1, 0.15) is 0 Å². The lowest BCUT2D eigenvalue weighted by atomic mass is 10.1. The minimum absolute atomic E-state index is 0.0192. The largest absolute Gasteiger partial charge is 0.300 e. The van der Waals surface area contributed by atoms with Crippen molar-refractivity contribution in [1.82, 2.24) is 10.3 Å². The fourth-order valence-corrected chi connectivity index (χ4v) is 1.43. The number of carbonyl (C=O) groups is 1. The minimum atomic E-state index is -0.0192. The van der Waals surface area contributed by atoms with Crippen LogP contribution in [0.3, 0.4) is 0 Å². The van der Waals surface area contributed by atoms with Gasteiger partial charge in [0.2, 0.25) is 5.91 Å². The molecule has 1 aliphatic heterocycles. The van der Waals surface area contributed by atoms with Crippen LogP contribution < -0.4 is 5.43 Å². The normalized spacial score (nSPS) is 26.7. The van der Waals surface area contributed by atoms with Gasteiger partial charge in [-0.2, -0.15) is 5.10 Å². The van der Waals surface area contributed by atoms with Crippen molar-refractivity contribution < 1.29 is 4.79 Å². The lowest BCUT2D eigenvalue weighted by molar-refractivity contribution is -0.120. The van der Waals surface area contributed by atoms with Crippen LogP contribution in [0.4, 0.5) is 0 Å². The van der Waals surface area contributed by atoms with Gasteiger partial charge in [0.15, 0.2) is 0 Å². The van der Waals surface area contributed by atoms with Gasteiger partial charge in [-0.25, -0.2) is 5.43 Å². The van der Waals surface area contributed by atoms with E-state index >= 15 is 0 Å². The first kappa shape index (κ1) is 10.2. The third-order valence-electron chi connectivity index (χ3n) is 2.23. The van der Waals surface area contributed by atoms with E-state index in [0.29, 0.717) is 12.3 Å². The number of hydrazone groups is 1. The lowest BCUT2D eigenvalue weighted by Gasteiger charge is -2.02. The molecule has 0 aliphatic carbocycles. The maximum atomic E-state index is 10.9. The molecule has 0 aromatic heterocycles. The zero-order chi connectivity index (χ0) is 9.84. The van der Waals surface area contributed by atoms with Crippen molar-refractivity contribution in [2.24, 2.45) is 11.0 Å². The number of hydrogen-bond acceptors (Lipinski definition) is 3. The molecular weight excluding hydrogens is 166 g/mol. The molecule has 0 radical (unpaired) electrons. The summed E-state index contributed by atoms with van der Waals surface area (Å²) in [5.74, 6) is 0.441. The number of amides is 1. The van der Waals surface area contributed by atoms with Crippen LogP contribution in [-0.2, 0) is 4.79 Å². The molecule has 0 saturated carbocycles.